The van der Waals surface area contributed by atoms with Crippen LogP contribution in [0.2, 0.25) is 0 Å². The van der Waals surface area contributed by atoms with E-state index in [1.54, 1.807) is 13.8 Å². The molecule has 0 atom stereocenters. The number of carboxylic acids is 1. The van der Waals surface area contributed by atoms with Crippen molar-refractivity contribution in [1.82, 2.24) is 10.2 Å². The highest BCUT2D eigenvalue weighted by Crippen LogP contribution is 2.17. The molecule has 0 unspecified atom stereocenters. The molecule has 0 saturated carbocycles. The van der Waals surface area contributed by atoms with Crippen molar-refractivity contribution >= 4 is 12.0 Å². The first-order valence-electron chi connectivity index (χ1n) is 5.90. The molecule has 0 spiro atoms. The lowest BCUT2D eigenvalue weighted by atomic mass is 9.92. The van der Waals surface area contributed by atoms with Gasteiger partial charge in [0.05, 0.1) is 0 Å². The summed E-state index contributed by atoms with van der Waals surface area (Å²) < 4.78 is 0. The van der Waals surface area contributed by atoms with E-state index in [4.69, 9.17) is 5.11 Å². The molecule has 17 heavy (non-hydrogen) atoms. The molecule has 5 heteroatoms. The maximum Gasteiger partial charge on any atom is 0.323 e. The molecular formula is C12H24N2O3. The van der Waals surface area contributed by atoms with E-state index in [1.165, 1.54) is 4.90 Å². The third kappa shape index (κ3) is 7.60. The molecule has 5 nitrogen and oxygen atoms in total. The van der Waals surface area contributed by atoms with E-state index in [0.717, 1.165) is 6.42 Å². The molecule has 0 aromatic rings. The normalized spacial score (nSPS) is 11.4. The van der Waals surface area contributed by atoms with Gasteiger partial charge in [0.2, 0.25) is 0 Å². The average Bonchev–Trinajstić information content (AvgIpc) is 2.11. The summed E-state index contributed by atoms with van der Waals surface area (Å²) in [6.07, 6.45) is 0.859. The first kappa shape index (κ1) is 15.7. The average molecular weight is 244 g/mol. The molecular weight excluding hydrogens is 220 g/mol. The summed E-state index contributed by atoms with van der Waals surface area (Å²) in [4.78, 5) is 23.7. The Morgan fingerprint density at radius 2 is 1.82 bits per heavy atom. The fourth-order valence-corrected chi connectivity index (χ4v) is 1.28. The van der Waals surface area contributed by atoms with Crippen molar-refractivity contribution in [3.8, 4) is 0 Å². The zero-order valence-electron chi connectivity index (χ0n) is 11.4. The number of carboxylic acid groups (broad SMARTS) is 1. The molecule has 2 amide bonds. The Bertz CT molecular complexity index is 269. The van der Waals surface area contributed by atoms with E-state index in [-0.39, 0.29) is 24.0 Å². The summed E-state index contributed by atoms with van der Waals surface area (Å²) in [7, 11) is 0. The van der Waals surface area contributed by atoms with E-state index in [9.17, 15) is 9.59 Å². The summed E-state index contributed by atoms with van der Waals surface area (Å²) in [5.41, 5.74) is 0.155. The van der Waals surface area contributed by atoms with E-state index < -0.39 is 5.97 Å². The smallest absolute Gasteiger partial charge is 0.323 e. The van der Waals surface area contributed by atoms with Crippen molar-refractivity contribution in [3.63, 3.8) is 0 Å². The van der Waals surface area contributed by atoms with Crippen LogP contribution in [0.4, 0.5) is 4.79 Å². The van der Waals surface area contributed by atoms with Gasteiger partial charge in [0.15, 0.2) is 0 Å². The SMILES string of the molecule is CC(C)N(CC(=O)O)C(=O)NCCC(C)(C)C. The van der Waals surface area contributed by atoms with Crippen LogP contribution in [0.1, 0.15) is 41.0 Å². The molecule has 0 aliphatic heterocycles. The Labute approximate surface area is 103 Å². The topological polar surface area (TPSA) is 69.6 Å². The molecule has 0 rings (SSSR count). The molecule has 0 radical (unpaired) electrons. The van der Waals surface area contributed by atoms with Gasteiger partial charge in [0.25, 0.3) is 0 Å². The third-order valence-corrected chi connectivity index (χ3v) is 2.34. The number of rotatable bonds is 5. The summed E-state index contributed by atoms with van der Waals surface area (Å²) in [5, 5.41) is 11.5. The summed E-state index contributed by atoms with van der Waals surface area (Å²) >= 11 is 0. The minimum absolute atomic E-state index is 0.124. The number of amides is 2. The predicted molar refractivity (Wildman–Crippen MR) is 66.9 cm³/mol. The lowest BCUT2D eigenvalue weighted by Gasteiger charge is -2.26. The van der Waals surface area contributed by atoms with Crippen LogP contribution < -0.4 is 5.32 Å². The number of carbonyl (C=O) groups is 2. The summed E-state index contributed by atoms with van der Waals surface area (Å²) in [6, 6.07) is -0.438. The number of hydrogen-bond acceptors (Lipinski definition) is 2. The van der Waals surface area contributed by atoms with Gasteiger partial charge in [0, 0.05) is 12.6 Å². The molecule has 0 heterocycles. The van der Waals surface area contributed by atoms with Crippen molar-refractivity contribution in [1.29, 1.82) is 0 Å². The van der Waals surface area contributed by atoms with Gasteiger partial charge >= 0.3 is 12.0 Å². The minimum atomic E-state index is -0.996. The van der Waals surface area contributed by atoms with Gasteiger partial charge in [-0.05, 0) is 25.7 Å². The van der Waals surface area contributed by atoms with Crippen molar-refractivity contribution < 1.29 is 14.7 Å². The molecule has 0 aliphatic rings. The predicted octanol–water partition coefficient (Wildman–Crippen LogP) is 1.93. The number of nitrogens with one attached hydrogen (secondary N) is 1. The van der Waals surface area contributed by atoms with Gasteiger partial charge in [-0.1, -0.05) is 20.8 Å². The zero-order chi connectivity index (χ0) is 13.6. The second-order valence-electron chi connectivity index (χ2n) is 5.66. The highest BCUT2D eigenvalue weighted by molar-refractivity contribution is 5.80. The lowest BCUT2D eigenvalue weighted by Crippen LogP contribution is -2.47. The van der Waals surface area contributed by atoms with Crippen LogP contribution >= 0.6 is 0 Å². The molecule has 0 aromatic carbocycles. The number of carbonyl (C=O) groups excluding carboxylic acids is 1. The molecule has 100 valence electrons. The second-order valence-corrected chi connectivity index (χ2v) is 5.66. The number of hydrogen-bond donors (Lipinski definition) is 2. The quantitative estimate of drug-likeness (QED) is 0.776. The van der Waals surface area contributed by atoms with Crippen LogP contribution in [-0.4, -0.2) is 41.1 Å². The highest BCUT2D eigenvalue weighted by atomic mass is 16.4. The van der Waals surface area contributed by atoms with E-state index in [2.05, 4.69) is 26.1 Å². The standard InChI is InChI=1S/C12H24N2O3/c1-9(2)14(8-10(15)16)11(17)13-7-6-12(3,4)5/h9H,6-8H2,1-5H3,(H,13,17)(H,15,16). The fourth-order valence-electron chi connectivity index (χ4n) is 1.28. The van der Waals surface area contributed by atoms with Gasteiger partial charge in [-0.25, -0.2) is 4.79 Å². The number of nitrogens with zero attached hydrogens (tertiary/aromatic N) is 1. The minimum Gasteiger partial charge on any atom is -0.480 e. The van der Waals surface area contributed by atoms with Crippen molar-refractivity contribution in [2.45, 2.75) is 47.1 Å². The summed E-state index contributed by atoms with van der Waals surface area (Å²) in [5.74, 6) is -0.996. The van der Waals surface area contributed by atoms with Gasteiger partial charge in [-0.3, -0.25) is 4.79 Å². The molecule has 2 N–H and O–H groups in total. The molecule has 0 aliphatic carbocycles. The van der Waals surface area contributed by atoms with Gasteiger partial charge < -0.3 is 15.3 Å². The Kier molecular flexibility index (Phi) is 5.99. The molecule has 0 bridgehead atoms. The van der Waals surface area contributed by atoms with E-state index >= 15 is 0 Å². The fraction of sp³-hybridized carbons (Fsp3) is 0.833. The van der Waals surface area contributed by atoms with Crippen LogP contribution in [0.3, 0.4) is 0 Å². The Hall–Kier alpha value is -1.26. The Morgan fingerprint density at radius 1 is 1.29 bits per heavy atom. The maximum absolute atomic E-state index is 11.8. The highest BCUT2D eigenvalue weighted by Gasteiger charge is 2.20. The van der Waals surface area contributed by atoms with Crippen molar-refractivity contribution in [3.05, 3.63) is 0 Å². The van der Waals surface area contributed by atoms with E-state index in [1.807, 2.05) is 0 Å². The number of aliphatic carboxylic acids is 1. The maximum atomic E-state index is 11.8. The Morgan fingerprint density at radius 3 is 2.18 bits per heavy atom. The molecule has 0 fully saturated rings. The van der Waals surface area contributed by atoms with E-state index in [0.29, 0.717) is 6.54 Å². The van der Waals surface area contributed by atoms with Crippen molar-refractivity contribution in [2.24, 2.45) is 5.41 Å². The second kappa shape index (κ2) is 6.47. The molecule has 0 saturated heterocycles. The Balaban J connectivity index is 4.20. The first-order valence-corrected chi connectivity index (χ1v) is 5.90. The van der Waals surface area contributed by atoms with Crippen LogP contribution in [0.15, 0.2) is 0 Å². The first-order chi connectivity index (χ1) is 7.63. The number of urea groups is 1. The largest absolute Gasteiger partial charge is 0.480 e. The van der Waals surface area contributed by atoms with Crippen LogP contribution in [0.5, 0.6) is 0 Å². The lowest BCUT2D eigenvalue weighted by molar-refractivity contribution is -0.138. The van der Waals surface area contributed by atoms with Crippen LogP contribution in [0.25, 0.3) is 0 Å². The van der Waals surface area contributed by atoms with Gasteiger partial charge in [0.1, 0.15) is 6.54 Å². The molecule has 0 aromatic heterocycles. The van der Waals surface area contributed by atoms with Crippen molar-refractivity contribution in [2.75, 3.05) is 13.1 Å². The monoisotopic (exact) mass is 244 g/mol. The third-order valence-electron chi connectivity index (χ3n) is 2.34. The van der Waals surface area contributed by atoms with Crippen LogP contribution in [0, 0.1) is 5.41 Å². The van der Waals surface area contributed by atoms with Crippen LogP contribution in [-0.2, 0) is 4.79 Å². The summed E-state index contributed by atoms with van der Waals surface area (Å²) in [6.45, 7) is 10.2. The zero-order valence-corrected chi connectivity index (χ0v) is 11.4. The van der Waals surface area contributed by atoms with Gasteiger partial charge in [-0.2, -0.15) is 0 Å². The van der Waals surface area contributed by atoms with Gasteiger partial charge in [-0.15, -0.1) is 0 Å².